The number of hydrogen-bond acceptors (Lipinski definition) is 3. The van der Waals surface area contributed by atoms with Crippen LogP contribution in [-0.4, -0.2) is 21.1 Å². The van der Waals surface area contributed by atoms with Crippen molar-refractivity contribution in [2.75, 3.05) is 5.32 Å². The van der Waals surface area contributed by atoms with E-state index < -0.39 is 5.25 Å². The molecule has 0 saturated carbocycles. The normalized spacial score (nSPS) is 12.3. The molecule has 7 heteroatoms. The first-order valence-corrected chi connectivity index (χ1v) is 7.85. The predicted octanol–water partition coefficient (Wildman–Crippen LogP) is 3.11. The van der Waals surface area contributed by atoms with E-state index in [0.717, 1.165) is 11.8 Å². The molecule has 23 heavy (non-hydrogen) atoms. The maximum absolute atomic E-state index is 13.6. The Labute approximate surface area is 135 Å². The number of rotatable bonds is 4. The van der Waals surface area contributed by atoms with Gasteiger partial charge >= 0.3 is 5.69 Å². The molecule has 0 fully saturated rings. The zero-order valence-electron chi connectivity index (χ0n) is 12.2. The topological polar surface area (TPSA) is 77.8 Å². The lowest BCUT2D eigenvalue weighted by Crippen LogP contribution is -2.22. The van der Waals surface area contributed by atoms with Crippen LogP contribution in [0.1, 0.15) is 6.92 Å². The highest BCUT2D eigenvalue weighted by molar-refractivity contribution is 8.00. The van der Waals surface area contributed by atoms with Crippen LogP contribution in [0.5, 0.6) is 0 Å². The third-order valence-corrected chi connectivity index (χ3v) is 4.45. The van der Waals surface area contributed by atoms with Gasteiger partial charge in [-0.3, -0.25) is 4.79 Å². The van der Waals surface area contributed by atoms with Gasteiger partial charge in [0, 0.05) is 10.6 Å². The van der Waals surface area contributed by atoms with Gasteiger partial charge in [-0.05, 0) is 37.3 Å². The smallest absolute Gasteiger partial charge is 0.323 e. The van der Waals surface area contributed by atoms with Crippen LogP contribution < -0.4 is 11.0 Å². The van der Waals surface area contributed by atoms with Crippen LogP contribution in [0, 0.1) is 5.82 Å². The summed E-state index contributed by atoms with van der Waals surface area (Å²) in [5.41, 5.74) is 1.55. The van der Waals surface area contributed by atoms with E-state index in [1.54, 1.807) is 43.3 Å². The number of fused-ring (bicyclic) bond motifs is 1. The van der Waals surface area contributed by atoms with E-state index in [1.165, 1.54) is 6.07 Å². The minimum absolute atomic E-state index is 0.240. The van der Waals surface area contributed by atoms with Crippen LogP contribution in [0.2, 0.25) is 0 Å². The van der Waals surface area contributed by atoms with Gasteiger partial charge in [-0.1, -0.05) is 12.1 Å². The molecule has 3 N–H and O–H groups in total. The minimum Gasteiger partial charge on any atom is -0.325 e. The van der Waals surface area contributed by atoms with Crippen LogP contribution in [0.25, 0.3) is 11.0 Å². The molecule has 1 aromatic heterocycles. The van der Waals surface area contributed by atoms with Crippen molar-refractivity contribution in [3.05, 3.63) is 58.8 Å². The number of anilines is 1. The largest absolute Gasteiger partial charge is 0.325 e. The fraction of sp³-hybridized carbons (Fsp3) is 0.125. The molecule has 1 heterocycles. The van der Waals surface area contributed by atoms with Crippen molar-refractivity contribution in [1.29, 1.82) is 0 Å². The summed E-state index contributed by atoms with van der Waals surface area (Å²) in [6, 6.07) is 11.4. The number of nitrogens with one attached hydrogen (secondary N) is 3. The molecule has 0 unspecified atom stereocenters. The maximum atomic E-state index is 13.6. The first-order valence-electron chi connectivity index (χ1n) is 6.97. The van der Waals surface area contributed by atoms with Crippen molar-refractivity contribution in [2.45, 2.75) is 17.1 Å². The Hall–Kier alpha value is -2.54. The van der Waals surface area contributed by atoms with Crippen LogP contribution >= 0.6 is 11.8 Å². The summed E-state index contributed by atoms with van der Waals surface area (Å²) in [5.74, 6) is -0.584. The first kappa shape index (κ1) is 15.4. The summed E-state index contributed by atoms with van der Waals surface area (Å²) in [6.07, 6.45) is 0. The minimum atomic E-state index is -0.465. The molecule has 0 spiro atoms. The molecule has 0 radical (unpaired) electrons. The number of carbonyl (C=O) groups excluding carboxylic acids is 1. The molecular weight excluding hydrogens is 317 g/mol. The molecule has 0 saturated heterocycles. The first-order chi connectivity index (χ1) is 11.0. The maximum Gasteiger partial charge on any atom is 0.323 e. The van der Waals surface area contributed by atoms with E-state index >= 15 is 0 Å². The molecule has 0 aliphatic rings. The van der Waals surface area contributed by atoms with Gasteiger partial charge in [0.05, 0.1) is 16.3 Å². The van der Waals surface area contributed by atoms with Crippen molar-refractivity contribution in [3.8, 4) is 0 Å². The molecule has 1 amide bonds. The number of aromatic nitrogens is 2. The Morgan fingerprint density at radius 2 is 1.91 bits per heavy atom. The number of carbonyl (C=O) groups is 1. The van der Waals surface area contributed by atoms with Crippen LogP contribution in [0.4, 0.5) is 10.1 Å². The monoisotopic (exact) mass is 331 g/mol. The standard InChI is InChI=1S/C16H14FN3O2S/c1-9(23-14-5-3-2-4-11(14)17)15(21)18-10-6-7-12-13(8-10)20-16(22)19-12/h2-9H,1H3,(H,18,21)(H2,19,20,22)/t9-/m0/s1. The number of thioether (sulfide) groups is 1. The summed E-state index contributed by atoms with van der Waals surface area (Å²) >= 11 is 1.15. The summed E-state index contributed by atoms with van der Waals surface area (Å²) in [4.78, 5) is 29.2. The highest BCUT2D eigenvalue weighted by Crippen LogP contribution is 2.26. The van der Waals surface area contributed by atoms with Gasteiger partial charge in [-0.15, -0.1) is 11.8 Å². The highest BCUT2D eigenvalue weighted by Gasteiger charge is 2.16. The van der Waals surface area contributed by atoms with Crippen molar-refractivity contribution in [3.63, 3.8) is 0 Å². The van der Waals surface area contributed by atoms with Crippen LogP contribution in [0.3, 0.4) is 0 Å². The van der Waals surface area contributed by atoms with Gasteiger partial charge in [0.25, 0.3) is 0 Å². The highest BCUT2D eigenvalue weighted by atomic mass is 32.2. The predicted molar refractivity (Wildman–Crippen MR) is 89.3 cm³/mol. The number of aromatic amines is 2. The van der Waals surface area contributed by atoms with Gasteiger partial charge in [0.2, 0.25) is 5.91 Å². The molecule has 0 aliphatic heterocycles. The van der Waals surface area contributed by atoms with Crippen molar-refractivity contribution in [1.82, 2.24) is 9.97 Å². The Morgan fingerprint density at radius 1 is 1.17 bits per heavy atom. The van der Waals surface area contributed by atoms with Gasteiger partial charge in [0.1, 0.15) is 5.82 Å². The van der Waals surface area contributed by atoms with Gasteiger partial charge < -0.3 is 15.3 Å². The van der Waals surface area contributed by atoms with Gasteiger partial charge in [-0.2, -0.15) is 0 Å². The number of benzene rings is 2. The van der Waals surface area contributed by atoms with E-state index in [4.69, 9.17) is 0 Å². The second-order valence-electron chi connectivity index (χ2n) is 5.02. The lowest BCUT2D eigenvalue weighted by atomic mass is 10.2. The zero-order chi connectivity index (χ0) is 16.4. The van der Waals surface area contributed by atoms with E-state index in [9.17, 15) is 14.0 Å². The molecule has 3 rings (SSSR count). The summed E-state index contributed by atoms with van der Waals surface area (Å²) in [7, 11) is 0. The third kappa shape index (κ3) is 3.45. The summed E-state index contributed by atoms with van der Waals surface area (Å²) < 4.78 is 13.6. The molecular formula is C16H14FN3O2S. The zero-order valence-corrected chi connectivity index (χ0v) is 13.0. The van der Waals surface area contributed by atoms with E-state index in [0.29, 0.717) is 21.6 Å². The van der Waals surface area contributed by atoms with Crippen molar-refractivity contribution < 1.29 is 9.18 Å². The van der Waals surface area contributed by atoms with Gasteiger partial charge in [-0.25, -0.2) is 9.18 Å². The fourth-order valence-corrected chi connectivity index (χ4v) is 3.02. The number of H-pyrrole nitrogens is 2. The number of imidazole rings is 1. The lowest BCUT2D eigenvalue weighted by Gasteiger charge is -2.12. The summed E-state index contributed by atoms with van der Waals surface area (Å²) in [5, 5.41) is 2.30. The average Bonchev–Trinajstić information content (AvgIpc) is 2.88. The quantitative estimate of drug-likeness (QED) is 0.643. The molecule has 0 bridgehead atoms. The second kappa shape index (κ2) is 6.29. The van der Waals surface area contributed by atoms with Crippen molar-refractivity contribution >= 4 is 34.4 Å². The molecule has 118 valence electrons. The number of halogens is 1. The van der Waals surface area contributed by atoms with E-state index in [1.807, 2.05) is 0 Å². The fourth-order valence-electron chi connectivity index (χ4n) is 2.14. The van der Waals surface area contributed by atoms with Crippen LogP contribution in [0.15, 0.2) is 52.2 Å². The molecule has 3 aromatic rings. The second-order valence-corrected chi connectivity index (χ2v) is 6.40. The van der Waals surface area contributed by atoms with E-state index in [2.05, 4.69) is 15.3 Å². The molecule has 0 aliphatic carbocycles. The summed E-state index contributed by atoms with van der Waals surface area (Å²) in [6.45, 7) is 1.71. The Morgan fingerprint density at radius 3 is 2.70 bits per heavy atom. The lowest BCUT2D eigenvalue weighted by molar-refractivity contribution is -0.115. The third-order valence-electron chi connectivity index (χ3n) is 3.29. The molecule has 1 atom stereocenters. The molecule has 2 aromatic carbocycles. The number of hydrogen-bond donors (Lipinski definition) is 3. The SMILES string of the molecule is C[C@H](Sc1ccccc1F)C(=O)Nc1ccc2[nH]c(=O)[nH]c2c1. The van der Waals surface area contributed by atoms with Gasteiger partial charge in [0.15, 0.2) is 0 Å². The Kier molecular flexibility index (Phi) is 4.20. The average molecular weight is 331 g/mol. The van der Waals surface area contributed by atoms with Crippen molar-refractivity contribution in [2.24, 2.45) is 0 Å². The Bertz CT molecular complexity index is 919. The van der Waals surface area contributed by atoms with Crippen LogP contribution in [-0.2, 0) is 4.79 Å². The Balaban J connectivity index is 1.72. The van der Waals surface area contributed by atoms with E-state index in [-0.39, 0.29) is 17.4 Å². The molecule has 5 nitrogen and oxygen atoms in total. The number of amides is 1.